The molecule has 2 unspecified atom stereocenters. The highest BCUT2D eigenvalue weighted by Gasteiger charge is 2.54. The monoisotopic (exact) mass is 437 g/mol. The van der Waals surface area contributed by atoms with Crippen molar-refractivity contribution in [1.29, 1.82) is 0 Å². The van der Waals surface area contributed by atoms with Crippen molar-refractivity contribution in [3.63, 3.8) is 0 Å². The van der Waals surface area contributed by atoms with Gasteiger partial charge in [-0.2, -0.15) is 0 Å². The highest BCUT2D eigenvalue weighted by molar-refractivity contribution is 6.32. The molecule has 3 aliphatic rings. The standard InChI is InChI=1S/C22H20ClN5O3/c1-25-19-18(20(29)26(2)22(25)30)27-12-16(13-7-5-4-6-8-13)28(21(27)24-19)14-9-10-17(31-3)15(23)11-14/h4-12,18-19H,1-3H3. The number of guanidine groups is 1. The molecule has 3 amide bonds. The first-order valence-electron chi connectivity index (χ1n) is 9.74. The number of nitrogens with zero attached hydrogens (tertiary/aromatic N) is 5. The molecule has 0 spiro atoms. The van der Waals surface area contributed by atoms with Crippen LogP contribution in [0.15, 0.2) is 59.7 Å². The molecule has 0 radical (unpaired) electrons. The van der Waals surface area contributed by atoms with E-state index in [2.05, 4.69) is 0 Å². The van der Waals surface area contributed by atoms with Crippen LogP contribution in [0.1, 0.15) is 5.56 Å². The van der Waals surface area contributed by atoms with Crippen molar-refractivity contribution in [3.05, 3.63) is 65.3 Å². The molecule has 0 aliphatic carbocycles. The fourth-order valence-electron chi connectivity index (χ4n) is 4.18. The number of ether oxygens (including phenoxy) is 1. The number of halogens is 1. The highest BCUT2D eigenvalue weighted by Crippen LogP contribution is 2.41. The van der Waals surface area contributed by atoms with Crippen LogP contribution in [0.5, 0.6) is 5.75 Å². The van der Waals surface area contributed by atoms with Crippen molar-refractivity contribution < 1.29 is 14.3 Å². The summed E-state index contributed by atoms with van der Waals surface area (Å²) in [5.41, 5.74) is 2.59. The average molecular weight is 438 g/mol. The van der Waals surface area contributed by atoms with Crippen molar-refractivity contribution in [3.8, 4) is 5.75 Å². The van der Waals surface area contributed by atoms with Crippen LogP contribution < -0.4 is 9.64 Å². The number of rotatable bonds is 3. The summed E-state index contributed by atoms with van der Waals surface area (Å²) in [6, 6.07) is 14.3. The molecule has 9 heteroatoms. The Morgan fingerprint density at radius 1 is 1.06 bits per heavy atom. The molecule has 2 aromatic carbocycles. The molecule has 3 heterocycles. The van der Waals surface area contributed by atoms with Gasteiger partial charge in [0, 0.05) is 25.9 Å². The molecule has 0 N–H and O–H groups in total. The van der Waals surface area contributed by atoms with E-state index in [9.17, 15) is 9.59 Å². The van der Waals surface area contributed by atoms with E-state index in [-0.39, 0.29) is 11.9 Å². The Morgan fingerprint density at radius 3 is 2.48 bits per heavy atom. The lowest BCUT2D eigenvalue weighted by Crippen LogP contribution is -2.63. The van der Waals surface area contributed by atoms with Crippen LogP contribution in [-0.2, 0) is 4.79 Å². The van der Waals surface area contributed by atoms with Gasteiger partial charge in [0.1, 0.15) is 5.75 Å². The second kappa shape index (κ2) is 7.02. The first-order valence-corrected chi connectivity index (χ1v) is 10.1. The summed E-state index contributed by atoms with van der Waals surface area (Å²) in [6.45, 7) is 0. The molecule has 5 rings (SSSR count). The molecule has 3 aliphatic heterocycles. The maximum Gasteiger partial charge on any atom is 0.328 e. The maximum absolute atomic E-state index is 13.0. The van der Waals surface area contributed by atoms with Gasteiger partial charge in [0.2, 0.25) is 5.96 Å². The number of anilines is 1. The topological polar surface area (TPSA) is 68.7 Å². The van der Waals surface area contributed by atoms with E-state index in [1.165, 1.54) is 11.9 Å². The fraction of sp³-hybridized carbons (Fsp3) is 0.227. The zero-order chi connectivity index (χ0) is 21.9. The van der Waals surface area contributed by atoms with Gasteiger partial charge in [0.25, 0.3) is 5.91 Å². The Labute approximate surface area is 184 Å². The van der Waals surface area contributed by atoms with Gasteiger partial charge in [0.05, 0.1) is 23.5 Å². The Balaban J connectivity index is 1.65. The number of hydrogen-bond acceptors (Lipinski definition) is 6. The van der Waals surface area contributed by atoms with E-state index in [4.69, 9.17) is 21.3 Å². The van der Waals surface area contributed by atoms with Crippen LogP contribution in [0, 0.1) is 0 Å². The van der Waals surface area contributed by atoms with Gasteiger partial charge >= 0.3 is 6.03 Å². The molecule has 8 nitrogen and oxygen atoms in total. The van der Waals surface area contributed by atoms with E-state index in [1.54, 1.807) is 26.3 Å². The van der Waals surface area contributed by atoms with Gasteiger partial charge in [0.15, 0.2) is 12.2 Å². The lowest BCUT2D eigenvalue weighted by Gasteiger charge is -2.38. The number of benzene rings is 2. The summed E-state index contributed by atoms with van der Waals surface area (Å²) in [7, 11) is 4.72. The summed E-state index contributed by atoms with van der Waals surface area (Å²) in [5, 5.41) is 0.463. The SMILES string of the molecule is COc1ccc(N2C(c3ccccc3)=CN3C2=NC2C3C(=O)N(C)C(=O)N2C)cc1Cl. The lowest BCUT2D eigenvalue weighted by atomic mass is 10.1. The third-order valence-corrected chi connectivity index (χ3v) is 6.09. The first-order chi connectivity index (χ1) is 14.9. The van der Waals surface area contributed by atoms with Crippen LogP contribution in [0.4, 0.5) is 10.5 Å². The summed E-state index contributed by atoms with van der Waals surface area (Å²) in [6.07, 6.45) is 1.31. The molecular weight excluding hydrogens is 418 g/mol. The average Bonchev–Trinajstić information content (AvgIpc) is 3.33. The largest absolute Gasteiger partial charge is 0.495 e. The Kier molecular flexibility index (Phi) is 4.40. The zero-order valence-electron chi connectivity index (χ0n) is 17.2. The minimum atomic E-state index is -0.625. The molecule has 1 fully saturated rings. The summed E-state index contributed by atoms with van der Waals surface area (Å²) >= 11 is 6.41. The van der Waals surface area contributed by atoms with Gasteiger partial charge in [-0.1, -0.05) is 41.9 Å². The predicted octanol–water partition coefficient (Wildman–Crippen LogP) is 3.06. The van der Waals surface area contributed by atoms with E-state index < -0.39 is 12.2 Å². The van der Waals surface area contributed by atoms with Crippen LogP contribution in [0.2, 0.25) is 5.02 Å². The van der Waals surface area contributed by atoms with Crippen molar-refractivity contribution in [2.75, 3.05) is 26.1 Å². The van der Waals surface area contributed by atoms with Crippen LogP contribution >= 0.6 is 11.6 Å². The predicted molar refractivity (Wildman–Crippen MR) is 118 cm³/mol. The molecule has 0 bridgehead atoms. The number of likely N-dealkylation sites (N-methyl/N-ethyl adjacent to an activating group) is 2. The van der Waals surface area contributed by atoms with Gasteiger partial charge in [-0.15, -0.1) is 0 Å². The van der Waals surface area contributed by atoms with Crippen LogP contribution in [0.3, 0.4) is 0 Å². The summed E-state index contributed by atoms with van der Waals surface area (Å²) in [5.74, 6) is 0.847. The van der Waals surface area contributed by atoms with Crippen molar-refractivity contribution in [2.24, 2.45) is 4.99 Å². The third kappa shape index (κ3) is 2.79. The number of imide groups is 1. The number of carbonyl (C=O) groups excluding carboxylic acids is 2. The van der Waals surface area contributed by atoms with Crippen molar-refractivity contribution in [1.82, 2.24) is 14.7 Å². The number of hydrogen-bond donors (Lipinski definition) is 0. The Morgan fingerprint density at radius 2 is 1.81 bits per heavy atom. The Hall–Kier alpha value is -3.52. The molecule has 0 aromatic heterocycles. The number of aliphatic imine (C=N–C) groups is 1. The second-order valence-corrected chi connectivity index (χ2v) is 7.93. The second-order valence-electron chi connectivity index (χ2n) is 7.52. The maximum atomic E-state index is 13.0. The van der Waals surface area contributed by atoms with E-state index in [1.807, 2.05) is 52.4 Å². The van der Waals surface area contributed by atoms with Crippen molar-refractivity contribution >= 4 is 40.9 Å². The number of carbonyl (C=O) groups is 2. The van der Waals surface area contributed by atoms with Gasteiger partial charge < -0.3 is 9.64 Å². The van der Waals surface area contributed by atoms with Gasteiger partial charge in [-0.3, -0.25) is 19.5 Å². The molecule has 158 valence electrons. The van der Waals surface area contributed by atoms with Gasteiger partial charge in [-0.25, -0.2) is 9.79 Å². The van der Waals surface area contributed by atoms with Crippen molar-refractivity contribution in [2.45, 2.75) is 12.2 Å². The number of fused-ring (bicyclic) bond motifs is 3. The number of urea groups is 1. The molecular formula is C22H20ClN5O3. The molecule has 0 saturated carbocycles. The fourth-order valence-corrected chi connectivity index (χ4v) is 4.43. The molecule has 31 heavy (non-hydrogen) atoms. The summed E-state index contributed by atoms with van der Waals surface area (Å²) < 4.78 is 5.29. The van der Waals surface area contributed by atoms with E-state index in [0.29, 0.717) is 16.7 Å². The quantitative estimate of drug-likeness (QED) is 0.738. The minimum absolute atomic E-state index is 0.287. The normalized spacial score (nSPS) is 22.5. The summed E-state index contributed by atoms with van der Waals surface area (Å²) in [4.78, 5) is 36.7. The van der Waals surface area contributed by atoms with Crippen LogP contribution in [-0.4, -0.2) is 66.0 Å². The van der Waals surface area contributed by atoms with Crippen LogP contribution in [0.25, 0.3) is 5.70 Å². The molecule has 2 aromatic rings. The zero-order valence-corrected chi connectivity index (χ0v) is 17.9. The number of methoxy groups -OCH3 is 1. The number of amides is 3. The smallest absolute Gasteiger partial charge is 0.328 e. The van der Waals surface area contributed by atoms with E-state index in [0.717, 1.165) is 21.8 Å². The van der Waals surface area contributed by atoms with E-state index >= 15 is 0 Å². The molecule has 1 saturated heterocycles. The third-order valence-electron chi connectivity index (χ3n) is 5.80. The minimum Gasteiger partial charge on any atom is -0.495 e. The molecule has 2 atom stereocenters. The first kappa shape index (κ1) is 19.4. The Bertz CT molecular complexity index is 1150. The highest BCUT2D eigenvalue weighted by atomic mass is 35.5. The van der Waals surface area contributed by atoms with Gasteiger partial charge in [-0.05, 0) is 18.2 Å². The lowest BCUT2D eigenvalue weighted by molar-refractivity contribution is -0.135.